The van der Waals surface area contributed by atoms with Gasteiger partial charge in [-0.15, -0.1) is 0 Å². The normalized spacial score (nSPS) is 21.2. The molecule has 3 atom stereocenters. The van der Waals surface area contributed by atoms with Gasteiger partial charge in [-0.3, -0.25) is 9.59 Å². The van der Waals surface area contributed by atoms with Crippen LogP contribution in [0.15, 0.2) is 48.5 Å². The van der Waals surface area contributed by atoms with Gasteiger partial charge in [0.25, 0.3) is 0 Å². The molecule has 3 unspecified atom stereocenters. The minimum atomic E-state index is -0.874. The molecular formula is C28H38N2O6. The molecule has 0 heterocycles. The minimum absolute atomic E-state index is 0.192. The summed E-state index contributed by atoms with van der Waals surface area (Å²) >= 11 is 0. The average molecular weight is 499 g/mol. The van der Waals surface area contributed by atoms with Gasteiger partial charge in [-0.05, 0) is 75.4 Å². The van der Waals surface area contributed by atoms with Gasteiger partial charge in [0.1, 0.15) is 11.5 Å². The largest absolute Gasteiger partial charge is 0.494 e. The van der Waals surface area contributed by atoms with Gasteiger partial charge in [0.15, 0.2) is 0 Å². The molecule has 8 nitrogen and oxygen atoms in total. The number of ether oxygens (including phenoxy) is 2. The fraction of sp³-hybridized carbons (Fsp3) is 0.500. The summed E-state index contributed by atoms with van der Waals surface area (Å²) in [6.07, 6.45) is 3.59. The van der Waals surface area contributed by atoms with Crippen molar-refractivity contribution in [3.05, 3.63) is 54.1 Å². The van der Waals surface area contributed by atoms with Gasteiger partial charge in [-0.1, -0.05) is 24.6 Å². The molecule has 2 aromatic rings. The number of benzene rings is 2. The first-order chi connectivity index (χ1) is 17.3. The summed E-state index contributed by atoms with van der Waals surface area (Å²) in [6, 6.07) is 15.3. The second-order valence-electron chi connectivity index (χ2n) is 9.76. The van der Waals surface area contributed by atoms with Gasteiger partial charge in [-0.2, -0.15) is 0 Å². The molecule has 0 radical (unpaired) electrons. The third-order valence-corrected chi connectivity index (χ3v) is 6.76. The van der Waals surface area contributed by atoms with Crippen molar-refractivity contribution >= 4 is 17.6 Å². The minimum Gasteiger partial charge on any atom is -0.494 e. The zero-order valence-corrected chi connectivity index (χ0v) is 21.4. The highest BCUT2D eigenvalue weighted by Gasteiger charge is 2.50. The van der Waals surface area contributed by atoms with E-state index < -0.39 is 23.2 Å². The number of aliphatic carboxylic acids is 1. The van der Waals surface area contributed by atoms with Crippen molar-refractivity contribution in [1.82, 2.24) is 5.48 Å². The molecule has 0 aromatic heterocycles. The Kier molecular flexibility index (Phi) is 10.1. The maximum absolute atomic E-state index is 13.0. The lowest BCUT2D eigenvalue weighted by atomic mass is 9.80. The van der Waals surface area contributed by atoms with Crippen LogP contribution in [-0.4, -0.2) is 43.9 Å². The number of carboxylic acids is 1. The van der Waals surface area contributed by atoms with Crippen LogP contribution in [0, 0.1) is 24.2 Å². The van der Waals surface area contributed by atoms with Gasteiger partial charge in [0.05, 0.1) is 25.7 Å². The Balaban J connectivity index is 1.39. The lowest BCUT2D eigenvalue weighted by Gasteiger charge is -2.30. The third-order valence-electron chi connectivity index (χ3n) is 6.76. The molecule has 1 amide bonds. The van der Waals surface area contributed by atoms with Gasteiger partial charge in [-0.25, -0.2) is 5.48 Å². The van der Waals surface area contributed by atoms with Crippen LogP contribution in [0.4, 0.5) is 5.69 Å². The maximum Gasteiger partial charge on any atom is 0.306 e. The van der Waals surface area contributed by atoms with Crippen LogP contribution in [0.5, 0.6) is 11.5 Å². The van der Waals surface area contributed by atoms with E-state index in [2.05, 4.69) is 17.7 Å². The number of aryl methyl sites for hydroxylation is 1. The highest BCUT2D eigenvalue weighted by atomic mass is 16.6. The topological polar surface area (TPSA) is 106 Å². The summed E-state index contributed by atoms with van der Waals surface area (Å²) < 4.78 is 11.6. The van der Waals surface area contributed by atoms with E-state index in [9.17, 15) is 14.7 Å². The van der Waals surface area contributed by atoms with Crippen LogP contribution < -0.4 is 20.3 Å². The second-order valence-corrected chi connectivity index (χ2v) is 9.76. The molecular weight excluding hydrogens is 460 g/mol. The summed E-state index contributed by atoms with van der Waals surface area (Å²) in [5.74, 6) is -0.449. The smallest absolute Gasteiger partial charge is 0.306 e. The number of rotatable bonds is 14. The van der Waals surface area contributed by atoms with E-state index in [0.717, 1.165) is 30.8 Å². The molecule has 0 aliphatic heterocycles. The zero-order valence-electron chi connectivity index (χ0n) is 21.4. The Morgan fingerprint density at radius 3 is 2.11 bits per heavy atom. The van der Waals surface area contributed by atoms with Crippen molar-refractivity contribution in [3.8, 4) is 11.5 Å². The summed E-state index contributed by atoms with van der Waals surface area (Å²) in [4.78, 5) is 29.9. The van der Waals surface area contributed by atoms with Crippen molar-refractivity contribution in [1.29, 1.82) is 0 Å². The monoisotopic (exact) mass is 498 g/mol. The quantitative estimate of drug-likeness (QED) is 0.253. The maximum atomic E-state index is 13.0. The first-order valence-corrected chi connectivity index (χ1v) is 12.6. The first-order valence-electron chi connectivity index (χ1n) is 12.6. The number of amides is 1. The molecule has 0 saturated heterocycles. The fourth-order valence-electron chi connectivity index (χ4n) is 4.63. The molecule has 1 saturated carbocycles. The summed E-state index contributed by atoms with van der Waals surface area (Å²) in [7, 11) is 1.65. The lowest BCUT2D eigenvalue weighted by Crippen LogP contribution is -2.37. The van der Waals surface area contributed by atoms with Gasteiger partial charge < -0.3 is 24.7 Å². The molecule has 3 rings (SSSR count). The van der Waals surface area contributed by atoms with E-state index in [0.29, 0.717) is 31.7 Å². The first kappa shape index (κ1) is 27.5. The Hall–Kier alpha value is -3.10. The van der Waals surface area contributed by atoms with Crippen LogP contribution in [-0.2, 0) is 14.4 Å². The van der Waals surface area contributed by atoms with Crippen molar-refractivity contribution < 1.29 is 29.0 Å². The van der Waals surface area contributed by atoms with E-state index in [4.69, 9.17) is 14.3 Å². The predicted molar refractivity (Wildman–Crippen MR) is 138 cm³/mol. The van der Waals surface area contributed by atoms with Crippen molar-refractivity contribution in [2.75, 3.05) is 32.2 Å². The number of carbonyl (C=O) groups excluding carboxylic acids is 1. The average Bonchev–Trinajstić information content (AvgIpc) is 3.22. The number of carbonyl (C=O) groups is 2. The SMILES string of the molecule is CNOCC1(C)CC(C(=O)O)CC1C(=O)Nc1ccc(OCCCCCOc2ccc(C)cc2)cc1. The molecule has 196 valence electrons. The van der Waals surface area contributed by atoms with Crippen LogP contribution in [0.1, 0.15) is 44.6 Å². The number of unbranched alkanes of at least 4 members (excludes halogenated alkanes) is 2. The van der Waals surface area contributed by atoms with Gasteiger partial charge >= 0.3 is 5.97 Å². The number of hydroxylamine groups is 1. The van der Waals surface area contributed by atoms with E-state index in [1.807, 2.05) is 43.3 Å². The molecule has 0 spiro atoms. The van der Waals surface area contributed by atoms with E-state index in [1.165, 1.54) is 5.56 Å². The number of anilines is 1. The van der Waals surface area contributed by atoms with E-state index >= 15 is 0 Å². The molecule has 3 N–H and O–H groups in total. The van der Waals surface area contributed by atoms with Crippen LogP contribution in [0.3, 0.4) is 0 Å². The zero-order chi connectivity index (χ0) is 26.0. The standard InChI is InChI=1S/C28H38N2O6/c1-20-7-11-23(12-8-20)34-15-5-4-6-16-35-24-13-9-22(10-14-24)30-26(31)25-17-21(27(32)33)18-28(25,2)19-36-29-3/h7-14,21,25,29H,4-6,15-19H2,1-3H3,(H,30,31)(H,32,33). The number of nitrogens with one attached hydrogen (secondary N) is 2. The summed E-state index contributed by atoms with van der Waals surface area (Å²) in [6.45, 7) is 5.52. The molecule has 2 aromatic carbocycles. The second kappa shape index (κ2) is 13.3. The van der Waals surface area contributed by atoms with Crippen LogP contribution >= 0.6 is 0 Å². The van der Waals surface area contributed by atoms with Gasteiger partial charge in [0.2, 0.25) is 5.91 Å². The van der Waals surface area contributed by atoms with Gasteiger partial charge in [0, 0.05) is 24.1 Å². The Labute approximate surface area is 213 Å². The van der Waals surface area contributed by atoms with Crippen molar-refractivity contribution in [3.63, 3.8) is 0 Å². The Bertz CT molecular complexity index is 979. The number of hydrogen-bond donors (Lipinski definition) is 3. The van der Waals surface area contributed by atoms with Crippen molar-refractivity contribution in [2.45, 2.75) is 46.0 Å². The number of hydrogen-bond acceptors (Lipinski definition) is 6. The molecule has 1 fully saturated rings. The molecule has 0 bridgehead atoms. The summed E-state index contributed by atoms with van der Waals surface area (Å²) in [5.41, 5.74) is 3.92. The van der Waals surface area contributed by atoms with E-state index in [-0.39, 0.29) is 12.5 Å². The Morgan fingerprint density at radius 1 is 0.972 bits per heavy atom. The highest BCUT2D eigenvalue weighted by Crippen LogP contribution is 2.47. The summed E-state index contributed by atoms with van der Waals surface area (Å²) in [5, 5.41) is 12.4. The van der Waals surface area contributed by atoms with Crippen LogP contribution in [0.2, 0.25) is 0 Å². The third kappa shape index (κ3) is 7.96. The number of carboxylic acid groups (broad SMARTS) is 1. The predicted octanol–water partition coefficient (Wildman–Crippen LogP) is 4.83. The lowest BCUT2D eigenvalue weighted by molar-refractivity contribution is -0.141. The van der Waals surface area contributed by atoms with Crippen molar-refractivity contribution in [2.24, 2.45) is 17.3 Å². The molecule has 1 aliphatic rings. The fourth-order valence-corrected chi connectivity index (χ4v) is 4.63. The highest BCUT2D eigenvalue weighted by molar-refractivity contribution is 5.94. The molecule has 8 heteroatoms. The van der Waals surface area contributed by atoms with E-state index in [1.54, 1.807) is 19.2 Å². The Morgan fingerprint density at radius 2 is 1.56 bits per heavy atom. The molecule has 36 heavy (non-hydrogen) atoms. The van der Waals surface area contributed by atoms with Crippen LogP contribution in [0.25, 0.3) is 0 Å². The molecule has 1 aliphatic carbocycles.